The molecular formula is C20H25N3O3. The zero-order valence-electron chi connectivity index (χ0n) is 15.5. The van der Waals surface area contributed by atoms with E-state index in [2.05, 4.69) is 9.97 Å². The molecule has 138 valence electrons. The van der Waals surface area contributed by atoms with Gasteiger partial charge in [-0.3, -0.25) is 4.79 Å². The number of aryl methyl sites for hydroxylation is 2. The van der Waals surface area contributed by atoms with Crippen molar-refractivity contribution in [2.45, 2.75) is 39.2 Å². The second-order valence-electron chi connectivity index (χ2n) is 6.76. The third-order valence-corrected chi connectivity index (χ3v) is 4.95. The number of carbonyl (C=O) groups is 1. The van der Waals surface area contributed by atoms with E-state index in [-0.39, 0.29) is 18.4 Å². The van der Waals surface area contributed by atoms with E-state index in [1.54, 1.807) is 13.3 Å². The van der Waals surface area contributed by atoms with Crippen LogP contribution in [0.25, 0.3) is 0 Å². The molecule has 1 fully saturated rings. The Morgan fingerprint density at radius 1 is 1.38 bits per heavy atom. The van der Waals surface area contributed by atoms with Crippen LogP contribution in [0, 0.1) is 13.8 Å². The maximum absolute atomic E-state index is 13.0. The fraction of sp³-hybridized carbons (Fsp3) is 0.450. The molecule has 1 amide bonds. The molecule has 1 saturated heterocycles. The molecule has 0 bridgehead atoms. The van der Waals surface area contributed by atoms with Crippen molar-refractivity contribution in [3.8, 4) is 5.75 Å². The second kappa shape index (κ2) is 7.83. The molecule has 2 aromatic rings. The van der Waals surface area contributed by atoms with Crippen LogP contribution in [0.2, 0.25) is 0 Å². The van der Waals surface area contributed by atoms with Gasteiger partial charge in [-0.2, -0.15) is 0 Å². The van der Waals surface area contributed by atoms with Crippen LogP contribution >= 0.6 is 0 Å². The van der Waals surface area contributed by atoms with Gasteiger partial charge < -0.3 is 14.7 Å². The molecule has 1 N–H and O–H groups in total. The van der Waals surface area contributed by atoms with E-state index < -0.39 is 0 Å². The fourth-order valence-corrected chi connectivity index (χ4v) is 3.55. The summed E-state index contributed by atoms with van der Waals surface area (Å²) in [5.74, 6) is 1.59. The van der Waals surface area contributed by atoms with Crippen molar-refractivity contribution in [2.75, 3.05) is 20.2 Å². The molecule has 1 aliphatic rings. The lowest BCUT2D eigenvalue weighted by atomic mass is 9.91. The van der Waals surface area contributed by atoms with Gasteiger partial charge in [-0.05, 0) is 50.5 Å². The van der Waals surface area contributed by atoms with E-state index in [1.807, 2.05) is 36.9 Å². The normalized spacial score (nSPS) is 17.2. The quantitative estimate of drug-likeness (QED) is 0.912. The predicted molar refractivity (Wildman–Crippen MR) is 98.3 cm³/mol. The van der Waals surface area contributed by atoms with Crippen LogP contribution in [0.15, 0.2) is 24.4 Å². The molecule has 0 saturated carbocycles. The lowest BCUT2D eigenvalue weighted by Gasteiger charge is -2.33. The Morgan fingerprint density at radius 2 is 2.19 bits per heavy atom. The summed E-state index contributed by atoms with van der Waals surface area (Å²) in [6.07, 6.45) is 3.56. The monoisotopic (exact) mass is 355 g/mol. The molecule has 6 nitrogen and oxygen atoms in total. The van der Waals surface area contributed by atoms with Crippen molar-refractivity contribution < 1.29 is 14.6 Å². The number of likely N-dealkylation sites (tertiary alicyclic amines) is 1. The summed E-state index contributed by atoms with van der Waals surface area (Å²) < 4.78 is 5.22. The van der Waals surface area contributed by atoms with Gasteiger partial charge >= 0.3 is 0 Å². The van der Waals surface area contributed by atoms with Gasteiger partial charge in [0.25, 0.3) is 5.91 Å². The average Bonchev–Trinajstić information content (AvgIpc) is 2.67. The van der Waals surface area contributed by atoms with Gasteiger partial charge in [0.1, 0.15) is 11.6 Å². The number of aliphatic hydroxyl groups excluding tert-OH is 1. The Kier molecular flexibility index (Phi) is 5.52. The molecule has 6 heteroatoms. The van der Waals surface area contributed by atoms with Crippen molar-refractivity contribution in [3.63, 3.8) is 0 Å². The highest BCUT2D eigenvalue weighted by Gasteiger charge is 2.28. The molecule has 2 heterocycles. The van der Waals surface area contributed by atoms with Crippen LogP contribution in [0.5, 0.6) is 5.75 Å². The summed E-state index contributed by atoms with van der Waals surface area (Å²) in [6.45, 7) is 5.02. The number of hydrogen-bond acceptors (Lipinski definition) is 5. The topological polar surface area (TPSA) is 75.5 Å². The molecule has 0 spiro atoms. The van der Waals surface area contributed by atoms with Crippen LogP contribution in [-0.2, 0) is 6.61 Å². The molecule has 1 aromatic carbocycles. The van der Waals surface area contributed by atoms with Gasteiger partial charge in [-0.1, -0.05) is 0 Å². The Balaban J connectivity index is 1.82. The Labute approximate surface area is 153 Å². The van der Waals surface area contributed by atoms with Crippen molar-refractivity contribution in [1.29, 1.82) is 0 Å². The number of hydrogen-bond donors (Lipinski definition) is 1. The largest absolute Gasteiger partial charge is 0.497 e. The molecular weight excluding hydrogens is 330 g/mol. The van der Waals surface area contributed by atoms with Crippen LogP contribution in [0.3, 0.4) is 0 Å². The maximum atomic E-state index is 13.0. The van der Waals surface area contributed by atoms with E-state index in [9.17, 15) is 9.90 Å². The third kappa shape index (κ3) is 3.70. The molecule has 26 heavy (non-hydrogen) atoms. The van der Waals surface area contributed by atoms with E-state index >= 15 is 0 Å². The van der Waals surface area contributed by atoms with Crippen LogP contribution in [0.4, 0.5) is 0 Å². The lowest BCUT2D eigenvalue weighted by Crippen LogP contribution is -2.40. The van der Waals surface area contributed by atoms with Crippen molar-refractivity contribution in [3.05, 3.63) is 52.6 Å². The number of methoxy groups -OCH3 is 1. The van der Waals surface area contributed by atoms with E-state index in [1.165, 1.54) is 0 Å². The number of aromatic nitrogens is 2. The summed E-state index contributed by atoms with van der Waals surface area (Å²) in [5.41, 5.74) is 3.22. The van der Waals surface area contributed by atoms with Crippen LogP contribution < -0.4 is 4.74 Å². The average molecular weight is 355 g/mol. The summed E-state index contributed by atoms with van der Waals surface area (Å²) in [6, 6.07) is 5.53. The third-order valence-electron chi connectivity index (χ3n) is 4.95. The minimum atomic E-state index is -0.0857. The number of amides is 1. The first-order valence-electron chi connectivity index (χ1n) is 8.90. The molecule has 0 radical (unpaired) electrons. The predicted octanol–water partition coefficient (Wildman–Crippen LogP) is 2.61. The summed E-state index contributed by atoms with van der Waals surface area (Å²) in [7, 11) is 1.62. The van der Waals surface area contributed by atoms with Gasteiger partial charge in [0, 0.05) is 36.3 Å². The van der Waals surface area contributed by atoms with Gasteiger partial charge in [0.2, 0.25) is 0 Å². The molecule has 1 unspecified atom stereocenters. The van der Waals surface area contributed by atoms with Crippen LogP contribution in [-0.4, -0.2) is 46.1 Å². The molecule has 1 aliphatic heterocycles. The number of aliphatic hydroxyl groups is 1. The zero-order valence-corrected chi connectivity index (χ0v) is 15.5. The van der Waals surface area contributed by atoms with Gasteiger partial charge in [-0.15, -0.1) is 0 Å². The highest BCUT2D eigenvalue weighted by atomic mass is 16.5. The number of carbonyl (C=O) groups excluding carboxylic acids is 1. The first kappa shape index (κ1) is 18.3. The molecule has 1 aromatic heterocycles. The van der Waals surface area contributed by atoms with E-state index in [0.29, 0.717) is 17.9 Å². The fourth-order valence-electron chi connectivity index (χ4n) is 3.55. The Morgan fingerprint density at radius 3 is 2.88 bits per heavy atom. The minimum absolute atomic E-state index is 0.0335. The highest BCUT2D eigenvalue weighted by molar-refractivity contribution is 5.96. The van der Waals surface area contributed by atoms with Gasteiger partial charge in [0.15, 0.2) is 0 Å². The lowest BCUT2D eigenvalue weighted by molar-refractivity contribution is 0.0704. The summed E-state index contributed by atoms with van der Waals surface area (Å²) in [4.78, 5) is 23.6. The number of piperidine rings is 1. The first-order chi connectivity index (χ1) is 12.5. The summed E-state index contributed by atoms with van der Waals surface area (Å²) >= 11 is 0. The Hall–Kier alpha value is -2.47. The smallest absolute Gasteiger partial charge is 0.254 e. The Bertz CT molecular complexity index is 807. The van der Waals surface area contributed by atoms with E-state index in [4.69, 9.17) is 4.74 Å². The SMILES string of the molecule is COc1ccc(C(=O)N2CCCC(c3nc(C)ncc3CO)C2)c(C)c1. The number of ether oxygens (including phenoxy) is 1. The zero-order chi connectivity index (χ0) is 18.7. The summed E-state index contributed by atoms with van der Waals surface area (Å²) in [5, 5.41) is 9.61. The van der Waals surface area contributed by atoms with Gasteiger partial charge in [0.05, 0.1) is 19.4 Å². The minimum Gasteiger partial charge on any atom is -0.497 e. The molecule has 3 rings (SSSR count). The van der Waals surface area contributed by atoms with Gasteiger partial charge in [-0.25, -0.2) is 9.97 Å². The van der Waals surface area contributed by atoms with Crippen LogP contribution in [0.1, 0.15) is 51.8 Å². The molecule has 0 aliphatic carbocycles. The number of nitrogens with zero attached hydrogens (tertiary/aromatic N) is 3. The molecule has 1 atom stereocenters. The standard InChI is InChI=1S/C20H25N3O3/c1-13-9-17(26-3)6-7-18(13)20(25)23-8-4-5-15(11-23)19-16(12-24)10-21-14(2)22-19/h6-7,9-10,15,24H,4-5,8,11-12H2,1-3H3. The van der Waals surface area contributed by atoms with Crippen molar-refractivity contribution in [1.82, 2.24) is 14.9 Å². The highest BCUT2D eigenvalue weighted by Crippen LogP contribution is 2.29. The first-order valence-corrected chi connectivity index (χ1v) is 8.90. The van der Waals surface area contributed by atoms with E-state index in [0.717, 1.165) is 42.0 Å². The van der Waals surface area contributed by atoms with Crippen molar-refractivity contribution >= 4 is 5.91 Å². The number of benzene rings is 1. The number of rotatable bonds is 4. The van der Waals surface area contributed by atoms with Crippen molar-refractivity contribution in [2.24, 2.45) is 0 Å². The maximum Gasteiger partial charge on any atom is 0.254 e. The second-order valence-corrected chi connectivity index (χ2v) is 6.76.